The van der Waals surface area contributed by atoms with E-state index in [0.717, 1.165) is 27.8 Å². The molecule has 0 saturated carbocycles. The van der Waals surface area contributed by atoms with E-state index in [0.29, 0.717) is 11.1 Å². The quantitative estimate of drug-likeness (QED) is 0.454. The van der Waals surface area contributed by atoms with E-state index in [2.05, 4.69) is 31.2 Å². The van der Waals surface area contributed by atoms with E-state index in [1.54, 1.807) is 12.1 Å². The minimum atomic E-state index is -1.42. The molecule has 142 valence electrons. The van der Waals surface area contributed by atoms with Gasteiger partial charge >= 0.3 is 0 Å². The summed E-state index contributed by atoms with van der Waals surface area (Å²) < 4.78 is 0. The second-order valence-electron chi connectivity index (χ2n) is 7.93. The van der Waals surface area contributed by atoms with Gasteiger partial charge in [0.15, 0.2) is 0 Å². The Bertz CT molecular complexity index is 1210. The Balaban J connectivity index is 1.85. The van der Waals surface area contributed by atoms with E-state index in [1.165, 1.54) is 5.56 Å². The van der Waals surface area contributed by atoms with Crippen molar-refractivity contribution in [2.75, 3.05) is 0 Å². The van der Waals surface area contributed by atoms with Crippen LogP contribution in [0.3, 0.4) is 0 Å². The highest BCUT2D eigenvalue weighted by Gasteiger charge is 2.56. The normalized spacial score (nSPS) is 25.1. The van der Waals surface area contributed by atoms with Gasteiger partial charge in [-0.1, -0.05) is 77.9 Å². The van der Waals surface area contributed by atoms with Gasteiger partial charge in [-0.15, -0.1) is 11.6 Å². The summed E-state index contributed by atoms with van der Waals surface area (Å²) in [7, 11) is 0. The third kappa shape index (κ3) is 2.49. The summed E-state index contributed by atoms with van der Waals surface area (Å²) in [5, 5.41) is 0. The van der Waals surface area contributed by atoms with Crippen LogP contribution in [0.15, 0.2) is 84.0 Å². The molecule has 2 aromatic rings. The Labute approximate surface area is 174 Å². The van der Waals surface area contributed by atoms with Crippen molar-refractivity contribution in [3.63, 3.8) is 0 Å². The molecule has 0 aliphatic heterocycles. The molecule has 3 aliphatic rings. The van der Waals surface area contributed by atoms with Gasteiger partial charge in [0.25, 0.3) is 0 Å². The molecule has 0 heterocycles. The van der Waals surface area contributed by atoms with E-state index < -0.39 is 22.4 Å². The molecule has 0 fully saturated rings. The summed E-state index contributed by atoms with van der Waals surface area (Å²) in [6.07, 6.45) is 8.08. The van der Waals surface area contributed by atoms with Crippen molar-refractivity contribution in [2.24, 2.45) is 5.92 Å². The van der Waals surface area contributed by atoms with Gasteiger partial charge in [0, 0.05) is 11.5 Å². The number of fused-ring (bicyclic) bond motifs is 5. The third-order valence-corrected chi connectivity index (χ3v) is 6.68. The zero-order valence-corrected chi connectivity index (χ0v) is 17.0. The minimum absolute atomic E-state index is 0.393. The number of carbonyl (C=O) groups is 2. The summed E-state index contributed by atoms with van der Waals surface area (Å²) in [5.41, 5.74) is 7.18. The van der Waals surface area contributed by atoms with Crippen LogP contribution in [0.2, 0.25) is 0 Å². The second-order valence-corrected chi connectivity index (χ2v) is 8.53. The highest BCUT2D eigenvalue weighted by Crippen LogP contribution is 2.54. The van der Waals surface area contributed by atoms with Crippen LogP contribution >= 0.6 is 11.6 Å². The molecule has 0 radical (unpaired) electrons. The van der Waals surface area contributed by atoms with Crippen molar-refractivity contribution in [1.29, 1.82) is 0 Å². The summed E-state index contributed by atoms with van der Waals surface area (Å²) in [4.78, 5) is 24.8. The Morgan fingerprint density at radius 1 is 0.897 bits per heavy atom. The molecule has 0 saturated heterocycles. The van der Waals surface area contributed by atoms with Crippen LogP contribution in [-0.2, 0) is 4.79 Å². The Kier molecular flexibility index (Phi) is 3.91. The third-order valence-electron chi connectivity index (χ3n) is 6.07. The number of hydrogen-bond donors (Lipinski definition) is 0. The fourth-order valence-corrected chi connectivity index (χ4v) is 4.97. The zero-order chi connectivity index (χ0) is 20.3. The van der Waals surface area contributed by atoms with E-state index in [4.69, 9.17) is 11.6 Å². The van der Waals surface area contributed by atoms with Gasteiger partial charge in [0.1, 0.15) is 4.87 Å². The largest absolute Gasteiger partial charge is 0.288 e. The summed E-state index contributed by atoms with van der Waals surface area (Å²) >= 11 is 7.12. The molecule has 2 nitrogen and oxygen atoms in total. The molecule has 5 rings (SSSR count). The molecular weight excluding hydrogens is 380 g/mol. The van der Waals surface area contributed by atoms with Crippen LogP contribution in [0.5, 0.6) is 0 Å². The highest BCUT2D eigenvalue weighted by atomic mass is 35.5. The van der Waals surface area contributed by atoms with Gasteiger partial charge in [0.2, 0.25) is 11.6 Å². The van der Waals surface area contributed by atoms with E-state index in [-0.39, 0.29) is 0 Å². The Hall–Kier alpha value is -2.97. The molecule has 2 aromatic carbocycles. The Morgan fingerprint density at radius 2 is 1.59 bits per heavy atom. The standard InChI is InChI=1S/C26H19ClO2/c1-15-7-10-17(11-8-15)21-14-23-18-5-3-4-6-20(18)24(28)25(29)26(23,27)22-13-16(2)9-12-19(21)22/h3-14,22H,1-2H3/t22-,26-/m1/s1. The molecule has 0 amide bonds. The maximum absolute atomic E-state index is 13.3. The SMILES string of the molecule is CC1=C[C@@H]2C(=C(c3ccc(C)cc3)C=C3c4ccccc4C(=O)C(=O)[C@]32Cl)C=C1. The highest BCUT2D eigenvalue weighted by molar-refractivity contribution is 6.62. The molecular formula is C26H19ClO2. The van der Waals surface area contributed by atoms with Gasteiger partial charge in [-0.3, -0.25) is 9.59 Å². The van der Waals surface area contributed by atoms with Gasteiger partial charge in [-0.2, -0.15) is 0 Å². The van der Waals surface area contributed by atoms with Gasteiger partial charge in [0.05, 0.1) is 0 Å². The molecule has 0 N–H and O–H groups in total. The molecule has 0 aromatic heterocycles. The van der Waals surface area contributed by atoms with Crippen molar-refractivity contribution < 1.29 is 9.59 Å². The molecule has 3 heteroatoms. The number of aryl methyl sites for hydroxylation is 1. The molecule has 2 atom stereocenters. The predicted octanol–water partition coefficient (Wildman–Crippen LogP) is 5.72. The lowest BCUT2D eigenvalue weighted by Gasteiger charge is -2.43. The maximum Gasteiger partial charge on any atom is 0.231 e. The number of allylic oxidation sites excluding steroid dienone is 8. The number of benzene rings is 2. The first kappa shape index (κ1) is 18.1. The van der Waals surface area contributed by atoms with Crippen molar-refractivity contribution in [2.45, 2.75) is 18.7 Å². The molecule has 3 aliphatic carbocycles. The molecule has 0 spiro atoms. The fourth-order valence-electron chi connectivity index (χ4n) is 4.54. The smallest absolute Gasteiger partial charge is 0.231 e. The van der Waals surface area contributed by atoms with E-state index in [1.807, 2.05) is 43.4 Å². The second kappa shape index (κ2) is 6.27. The van der Waals surface area contributed by atoms with Gasteiger partial charge in [-0.25, -0.2) is 0 Å². The van der Waals surface area contributed by atoms with Crippen molar-refractivity contribution >= 4 is 34.3 Å². The number of halogens is 1. The number of hydrogen-bond acceptors (Lipinski definition) is 2. The monoisotopic (exact) mass is 398 g/mol. The van der Waals surface area contributed by atoms with Gasteiger partial charge in [-0.05, 0) is 47.8 Å². The van der Waals surface area contributed by atoms with Crippen LogP contribution in [0, 0.1) is 12.8 Å². The van der Waals surface area contributed by atoms with E-state index in [9.17, 15) is 9.59 Å². The average molecular weight is 399 g/mol. The number of alkyl halides is 1. The van der Waals surface area contributed by atoms with Crippen molar-refractivity contribution in [1.82, 2.24) is 0 Å². The van der Waals surface area contributed by atoms with Crippen LogP contribution < -0.4 is 0 Å². The number of carbonyl (C=O) groups excluding carboxylic acids is 2. The van der Waals surface area contributed by atoms with Gasteiger partial charge < -0.3 is 0 Å². The lowest BCUT2D eigenvalue weighted by atomic mass is 9.63. The first-order valence-corrected chi connectivity index (χ1v) is 10.1. The molecule has 0 unspecified atom stereocenters. The summed E-state index contributed by atoms with van der Waals surface area (Å²) in [5.74, 6) is -1.45. The molecule has 0 bridgehead atoms. The van der Waals surface area contributed by atoms with Crippen molar-refractivity contribution in [3.8, 4) is 0 Å². The minimum Gasteiger partial charge on any atom is -0.288 e. The maximum atomic E-state index is 13.3. The number of ketones is 2. The lowest BCUT2D eigenvalue weighted by Crippen LogP contribution is -2.50. The predicted molar refractivity (Wildman–Crippen MR) is 117 cm³/mol. The van der Waals surface area contributed by atoms with Crippen LogP contribution in [0.1, 0.15) is 34.0 Å². The van der Waals surface area contributed by atoms with Crippen LogP contribution in [0.4, 0.5) is 0 Å². The van der Waals surface area contributed by atoms with Crippen molar-refractivity contribution in [3.05, 3.63) is 106 Å². The number of Topliss-reactive ketones (excluding diaryl/α,β-unsaturated/α-hetero) is 2. The summed E-state index contributed by atoms with van der Waals surface area (Å²) in [6.45, 7) is 4.04. The fraction of sp³-hybridized carbons (Fsp3) is 0.154. The lowest BCUT2D eigenvalue weighted by molar-refractivity contribution is -0.116. The number of rotatable bonds is 1. The summed E-state index contributed by atoms with van der Waals surface area (Å²) in [6, 6.07) is 15.6. The van der Waals surface area contributed by atoms with E-state index >= 15 is 0 Å². The first-order chi connectivity index (χ1) is 13.9. The first-order valence-electron chi connectivity index (χ1n) is 9.68. The van der Waals surface area contributed by atoms with Crippen LogP contribution in [-0.4, -0.2) is 16.4 Å². The zero-order valence-electron chi connectivity index (χ0n) is 16.2. The topological polar surface area (TPSA) is 34.1 Å². The Morgan fingerprint density at radius 3 is 2.31 bits per heavy atom. The molecule has 29 heavy (non-hydrogen) atoms. The van der Waals surface area contributed by atoms with Crippen LogP contribution in [0.25, 0.3) is 11.1 Å². The average Bonchev–Trinajstić information content (AvgIpc) is 2.73.